The molecule has 2 aromatic rings. The van der Waals surface area contributed by atoms with Crippen LogP contribution in [0.25, 0.3) is 10.8 Å². The molecule has 2 aromatic carbocycles. The minimum absolute atomic E-state index is 0.0906. The SMILES string of the molecule is CC(C)C(CN)C(O)c1ccc2cc(Br)ccc2c1. The first kappa shape index (κ1) is 14.5. The maximum Gasteiger partial charge on any atom is 0.0832 e. The van der Waals surface area contributed by atoms with E-state index >= 15 is 0 Å². The average Bonchev–Trinajstić information content (AvgIpc) is 2.38. The molecule has 0 aromatic heterocycles. The average molecular weight is 322 g/mol. The van der Waals surface area contributed by atoms with Crippen LogP contribution in [0.4, 0.5) is 0 Å². The molecule has 0 heterocycles. The summed E-state index contributed by atoms with van der Waals surface area (Å²) in [5.41, 5.74) is 6.72. The third kappa shape index (κ3) is 3.16. The van der Waals surface area contributed by atoms with Gasteiger partial charge in [0.2, 0.25) is 0 Å². The van der Waals surface area contributed by atoms with E-state index in [0.717, 1.165) is 15.4 Å². The lowest BCUT2D eigenvalue weighted by Crippen LogP contribution is -2.26. The molecule has 0 radical (unpaired) electrons. The van der Waals surface area contributed by atoms with Crippen molar-refractivity contribution in [2.75, 3.05) is 6.54 Å². The highest BCUT2D eigenvalue weighted by atomic mass is 79.9. The van der Waals surface area contributed by atoms with Crippen LogP contribution < -0.4 is 5.73 Å². The van der Waals surface area contributed by atoms with Gasteiger partial charge in [-0.1, -0.05) is 48.0 Å². The molecule has 2 nitrogen and oxygen atoms in total. The van der Waals surface area contributed by atoms with Gasteiger partial charge in [0.1, 0.15) is 0 Å². The molecule has 0 saturated carbocycles. The number of halogens is 1. The Labute approximate surface area is 122 Å². The van der Waals surface area contributed by atoms with Crippen molar-refractivity contribution in [3.63, 3.8) is 0 Å². The van der Waals surface area contributed by atoms with Crippen molar-refractivity contribution in [3.05, 3.63) is 46.4 Å². The number of hydrogen-bond donors (Lipinski definition) is 2. The van der Waals surface area contributed by atoms with Crippen LogP contribution in [0.1, 0.15) is 25.5 Å². The fourth-order valence-corrected chi connectivity index (χ4v) is 2.81. The van der Waals surface area contributed by atoms with E-state index in [2.05, 4.69) is 48.0 Å². The number of nitrogens with two attached hydrogens (primary N) is 1. The van der Waals surface area contributed by atoms with Crippen LogP contribution in [-0.2, 0) is 0 Å². The Kier molecular flexibility index (Phi) is 4.61. The lowest BCUT2D eigenvalue weighted by molar-refractivity contribution is 0.0862. The summed E-state index contributed by atoms with van der Waals surface area (Å²) in [6, 6.07) is 12.2. The van der Waals surface area contributed by atoms with Crippen molar-refractivity contribution in [1.29, 1.82) is 0 Å². The Hall–Kier alpha value is -0.900. The molecule has 0 saturated heterocycles. The largest absolute Gasteiger partial charge is 0.388 e. The third-order valence-corrected chi connectivity index (χ3v) is 4.20. The molecule has 0 aliphatic heterocycles. The Morgan fingerprint density at radius 3 is 2.37 bits per heavy atom. The fraction of sp³-hybridized carbons (Fsp3) is 0.375. The first-order valence-corrected chi connectivity index (χ1v) is 7.39. The summed E-state index contributed by atoms with van der Waals surface area (Å²) in [5.74, 6) is 0.452. The summed E-state index contributed by atoms with van der Waals surface area (Å²) >= 11 is 3.47. The van der Waals surface area contributed by atoms with Gasteiger partial charge in [-0.05, 0) is 47.0 Å². The Morgan fingerprint density at radius 1 is 1.11 bits per heavy atom. The second-order valence-electron chi connectivity index (χ2n) is 5.34. The van der Waals surface area contributed by atoms with Gasteiger partial charge in [0.25, 0.3) is 0 Å². The van der Waals surface area contributed by atoms with Crippen LogP contribution >= 0.6 is 15.9 Å². The number of rotatable bonds is 4. The van der Waals surface area contributed by atoms with Gasteiger partial charge in [-0.25, -0.2) is 0 Å². The fourth-order valence-electron chi connectivity index (χ4n) is 2.43. The molecule has 3 heteroatoms. The molecule has 19 heavy (non-hydrogen) atoms. The minimum atomic E-state index is -0.502. The maximum absolute atomic E-state index is 10.5. The molecule has 0 aliphatic carbocycles. The van der Waals surface area contributed by atoms with E-state index in [1.807, 2.05) is 18.2 Å². The van der Waals surface area contributed by atoms with Crippen molar-refractivity contribution in [2.24, 2.45) is 17.6 Å². The molecule has 0 bridgehead atoms. The van der Waals surface area contributed by atoms with Crippen molar-refractivity contribution in [2.45, 2.75) is 20.0 Å². The quantitative estimate of drug-likeness (QED) is 0.898. The highest BCUT2D eigenvalue weighted by Gasteiger charge is 2.22. The first-order chi connectivity index (χ1) is 9.02. The third-order valence-electron chi connectivity index (χ3n) is 3.70. The van der Waals surface area contributed by atoms with Crippen LogP contribution in [0.3, 0.4) is 0 Å². The van der Waals surface area contributed by atoms with Crippen LogP contribution in [0.2, 0.25) is 0 Å². The molecule has 2 atom stereocenters. The molecule has 102 valence electrons. The van der Waals surface area contributed by atoms with E-state index in [1.165, 1.54) is 5.39 Å². The molecule has 0 spiro atoms. The predicted molar refractivity (Wildman–Crippen MR) is 84.0 cm³/mol. The van der Waals surface area contributed by atoms with Crippen LogP contribution in [0.5, 0.6) is 0 Å². The molecule has 2 rings (SSSR count). The van der Waals surface area contributed by atoms with E-state index in [0.29, 0.717) is 12.5 Å². The zero-order chi connectivity index (χ0) is 14.0. The number of benzene rings is 2. The Bertz CT molecular complexity index is 568. The normalized spacial score (nSPS) is 14.8. The molecule has 0 fully saturated rings. The molecule has 2 unspecified atom stereocenters. The van der Waals surface area contributed by atoms with Gasteiger partial charge in [0, 0.05) is 10.4 Å². The highest BCUT2D eigenvalue weighted by molar-refractivity contribution is 9.10. The number of aliphatic hydroxyl groups excluding tert-OH is 1. The van der Waals surface area contributed by atoms with Crippen molar-refractivity contribution < 1.29 is 5.11 Å². The van der Waals surface area contributed by atoms with Crippen molar-refractivity contribution >= 4 is 26.7 Å². The Morgan fingerprint density at radius 2 is 1.74 bits per heavy atom. The van der Waals surface area contributed by atoms with E-state index < -0.39 is 6.10 Å². The molecule has 0 amide bonds. The molecule has 3 N–H and O–H groups in total. The zero-order valence-corrected chi connectivity index (χ0v) is 12.9. The Balaban J connectivity index is 2.37. The van der Waals surface area contributed by atoms with Gasteiger partial charge < -0.3 is 10.8 Å². The summed E-state index contributed by atoms with van der Waals surface area (Å²) < 4.78 is 1.07. The topological polar surface area (TPSA) is 46.2 Å². The van der Waals surface area contributed by atoms with Gasteiger partial charge in [-0.15, -0.1) is 0 Å². The number of fused-ring (bicyclic) bond motifs is 1. The standard InChI is InChI=1S/C16H20BrNO/c1-10(2)15(9-18)16(19)13-4-3-12-8-14(17)6-5-11(12)7-13/h3-8,10,15-16,19H,9,18H2,1-2H3. The summed E-state index contributed by atoms with van der Waals surface area (Å²) in [4.78, 5) is 0. The summed E-state index contributed by atoms with van der Waals surface area (Å²) in [6.45, 7) is 4.69. The van der Waals surface area contributed by atoms with Gasteiger partial charge in [-0.3, -0.25) is 0 Å². The van der Waals surface area contributed by atoms with Gasteiger partial charge in [0.05, 0.1) is 6.10 Å². The minimum Gasteiger partial charge on any atom is -0.388 e. The molecular weight excluding hydrogens is 302 g/mol. The van der Waals surface area contributed by atoms with Gasteiger partial charge in [-0.2, -0.15) is 0 Å². The van der Waals surface area contributed by atoms with Crippen molar-refractivity contribution in [3.8, 4) is 0 Å². The predicted octanol–water partition coefficient (Wildman–Crippen LogP) is 3.87. The monoisotopic (exact) mass is 321 g/mol. The lowest BCUT2D eigenvalue weighted by atomic mass is 9.86. The van der Waals surface area contributed by atoms with Crippen molar-refractivity contribution in [1.82, 2.24) is 0 Å². The van der Waals surface area contributed by atoms with E-state index in [-0.39, 0.29) is 5.92 Å². The van der Waals surface area contributed by atoms with E-state index in [1.54, 1.807) is 0 Å². The summed E-state index contributed by atoms with van der Waals surface area (Å²) in [7, 11) is 0. The highest BCUT2D eigenvalue weighted by Crippen LogP contribution is 2.30. The molecule has 0 aliphatic rings. The van der Waals surface area contributed by atoms with Crippen LogP contribution in [0.15, 0.2) is 40.9 Å². The van der Waals surface area contributed by atoms with E-state index in [9.17, 15) is 5.11 Å². The summed E-state index contributed by atoms with van der Waals surface area (Å²) in [6.07, 6.45) is -0.502. The lowest BCUT2D eigenvalue weighted by Gasteiger charge is -2.25. The number of hydrogen-bond acceptors (Lipinski definition) is 2. The second-order valence-corrected chi connectivity index (χ2v) is 6.25. The summed E-state index contributed by atoms with van der Waals surface area (Å²) in [5, 5.41) is 12.8. The van der Waals surface area contributed by atoms with Gasteiger partial charge in [0.15, 0.2) is 0 Å². The van der Waals surface area contributed by atoms with E-state index in [4.69, 9.17) is 5.73 Å². The van der Waals surface area contributed by atoms with Crippen LogP contribution in [-0.4, -0.2) is 11.7 Å². The van der Waals surface area contributed by atoms with Crippen LogP contribution in [0, 0.1) is 11.8 Å². The zero-order valence-electron chi connectivity index (χ0n) is 11.3. The first-order valence-electron chi connectivity index (χ1n) is 6.60. The number of aliphatic hydroxyl groups is 1. The maximum atomic E-state index is 10.5. The van der Waals surface area contributed by atoms with Gasteiger partial charge >= 0.3 is 0 Å². The smallest absolute Gasteiger partial charge is 0.0832 e. The molecular formula is C16H20BrNO. The second kappa shape index (κ2) is 6.04.